The van der Waals surface area contributed by atoms with Crippen molar-refractivity contribution in [3.05, 3.63) is 18.2 Å². The maximum atomic E-state index is 11.5. The van der Waals surface area contributed by atoms with Gasteiger partial charge in [0.2, 0.25) is 5.91 Å². The van der Waals surface area contributed by atoms with E-state index in [2.05, 4.69) is 5.32 Å². The summed E-state index contributed by atoms with van der Waals surface area (Å²) in [4.78, 5) is 11.5. The van der Waals surface area contributed by atoms with Crippen LogP contribution in [0.1, 0.15) is 6.42 Å². The number of ether oxygens (including phenoxy) is 2. The van der Waals surface area contributed by atoms with Crippen LogP contribution in [0.5, 0.6) is 11.5 Å². The van der Waals surface area contributed by atoms with Crippen molar-refractivity contribution in [1.29, 1.82) is 0 Å². The van der Waals surface area contributed by atoms with Crippen LogP contribution < -0.4 is 20.5 Å². The second-order valence-electron chi connectivity index (χ2n) is 3.99. The van der Waals surface area contributed by atoms with Crippen molar-refractivity contribution < 1.29 is 19.4 Å². The Morgan fingerprint density at radius 3 is 2.83 bits per heavy atom. The van der Waals surface area contributed by atoms with E-state index in [-0.39, 0.29) is 0 Å². The topological polar surface area (TPSA) is 93.8 Å². The summed E-state index contributed by atoms with van der Waals surface area (Å²) in [5.41, 5.74) is 5.97. The van der Waals surface area contributed by atoms with Crippen LogP contribution >= 0.6 is 0 Å². The summed E-state index contributed by atoms with van der Waals surface area (Å²) in [6.45, 7) is 0.811. The molecule has 1 atom stereocenters. The van der Waals surface area contributed by atoms with E-state index in [0.717, 1.165) is 6.42 Å². The summed E-state index contributed by atoms with van der Waals surface area (Å²) in [5, 5.41) is 11.4. The van der Waals surface area contributed by atoms with Gasteiger partial charge in [-0.1, -0.05) is 0 Å². The molecule has 1 unspecified atom stereocenters. The first-order valence-corrected chi connectivity index (χ1v) is 5.77. The van der Waals surface area contributed by atoms with E-state index in [9.17, 15) is 4.79 Å². The normalized spacial score (nSPS) is 15.7. The Balaban J connectivity index is 2.11. The first kappa shape index (κ1) is 12.7. The van der Waals surface area contributed by atoms with E-state index in [4.69, 9.17) is 20.3 Å². The number of anilines is 1. The fourth-order valence-electron chi connectivity index (χ4n) is 1.56. The van der Waals surface area contributed by atoms with Gasteiger partial charge in [0, 0.05) is 18.2 Å². The molecule has 0 radical (unpaired) electrons. The summed E-state index contributed by atoms with van der Waals surface area (Å²) < 4.78 is 11.0. The molecule has 0 spiro atoms. The number of fused-ring (bicyclic) bond motifs is 1. The van der Waals surface area contributed by atoms with E-state index < -0.39 is 18.6 Å². The Kier molecular flexibility index (Phi) is 4.01. The summed E-state index contributed by atoms with van der Waals surface area (Å²) >= 11 is 0. The van der Waals surface area contributed by atoms with Crippen LogP contribution in [0.3, 0.4) is 0 Å². The first-order chi connectivity index (χ1) is 8.70. The predicted octanol–water partition coefficient (Wildman–Crippen LogP) is 0.106. The molecule has 1 heterocycles. The molecule has 1 amide bonds. The predicted molar refractivity (Wildman–Crippen MR) is 65.7 cm³/mol. The number of amides is 1. The molecule has 1 aliphatic rings. The lowest BCUT2D eigenvalue weighted by atomic mass is 10.2. The summed E-state index contributed by atoms with van der Waals surface area (Å²) in [6, 6.07) is 4.19. The molecular formula is C12H16N2O4. The van der Waals surface area contributed by atoms with Gasteiger partial charge < -0.3 is 25.6 Å². The van der Waals surface area contributed by atoms with Crippen LogP contribution in [-0.4, -0.2) is 36.9 Å². The SMILES string of the molecule is NC(CO)C(=O)Nc1ccc2c(c1)OCCCO2. The van der Waals surface area contributed by atoms with Gasteiger partial charge in [-0.3, -0.25) is 4.79 Å². The number of aliphatic hydroxyl groups is 1. The van der Waals surface area contributed by atoms with Crippen molar-refractivity contribution in [2.45, 2.75) is 12.5 Å². The molecule has 6 nitrogen and oxygen atoms in total. The molecule has 0 fully saturated rings. The van der Waals surface area contributed by atoms with Gasteiger partial charge in [0.15, 0.2) is 11.5 Å². The number of aliphatic hydroxyl groups excluding tert-OH is 1. The first-order valence-electron chi connectivity index (χ1n) is 5.77. The van der Waals surface area contributed by atoms with Crippen LogP contribution in [-0.2, 0) is 4.79 Å². The van der Waals surface area contributed by atoms with Gasteiger partial charge in [-0.15, -0.1) is 0 Å². The van der Waals surface area contributed by atoms with E-state index in [1.54, 1.807) is 18.2 Å². The molecule has 1 aromatic carbocycles. The summed E-state index contributed by atoms with van der Waals surface area (Å²) in [6.07, 6.45) is 0.825. The second-order valence-corrected chi connectivity index (χ2v) is 3.99. The van der Waals surface area contributed by atoms with Crippen LogP contribution in [0.2, 0.25) is 0 Å². The van der Waals surface area contributed by atoms with E-state index in [1.807, 2.05) is 0 Å². The zero-order valence-corrected chi connectivity index (χ0v) is 9.89. The smallest absolute Gasteiger partial charge is 0.243 e. The third-order valence-electron chi connectivity index (χ3n) is 2.55. The minimum absolute atomic E-state index is 0.392. The van der Waals surface area contributed by atoms with Crippen molar-refractivity contribution in [3.63, 3.8) is 0 Å². The Morgan fingerprint density at radius 2 is 2.11 bits per heavy atom. The van der Waals surface area contributed by atoms with Crippen LogP contribution in [0, 0.1) is 0 Å². The monoisotopic (exact) mass is 252 g/mol. The number of hydrogen-bond acceptors (Lipinski definition) is 5. The third-order valence-corrected chi connectivity index (χ3v) is 2.55. The average molecular weight is 252 g/mol. The average Bonchev–Trinajstić information content (AvgIpc) is 2.62. The maximum absolute atomic E-state index is 11.5. The molecule has 98 valence electrons. The minimum atomic E-state index is -0.930. The number of nitrogens with one attached hydrogen (secondary N) is 1. The zero-order valence-electron chi connectivity index (χ0n) is 9.89. The van der Waals surface area contributed by atoms with Gasteiger partial charge in [-0.2, -0.15) is 0 Å². The molecule has 0 aromatic heterocycles. The van der Waals surface area contributed by atoms with Crippen molar-refractivity contribution in [2.75, 3.05) is 25.1 Å². The van der Waals surface area contributed by atoms with Crippen molar-refractivity contribution in [2.24, 2.45) is 5.73 Å². The van der Waals surface area contributed by atoms with Gasteiger partial charge >= 0.3 is 0 Å². The van der Waals surface area contributed by atoms with Crippen LogP contribution in [0.4, 0.5) is 5.69 Å². The lowest BCUT2D eigenvalue weighted by molar-refractivity contribution is -0.118. The van der Waals surface area contributed by atoms with Gasteiger partial charge in [0.1, 0.15) is 6.04 Å². The molecule has 18 heavy (non-hydrogen) atoms. The minimum Gasteiger partial charge on any atom is -0.490 e. The van der Waals surface area contributed by atoms with Gasteiger partial charge in [-0.25, -0.2) is 0 Å². The molecule has 0 saturated heterocycles. The van der Waals surface area contributed by atoms with Crippen molar-refractivity contribution >= 4 is 11.6 Å². The molecule has 2 rings (SSSR count). The summed E-state index contributed by atoms with van der Waals surface area (Å²) in [5.74, 6) is 0.826. The maximum Gasteiger partial charge on any atom is 0.243 e. The fourth-order valence-corrected chi connectivity index (χ4v) is 1.56. The molecule has 0 saturated carbocycles. The van der Waals surface area contributed by atoms with Gasteiger partial charge in [0.05, 0.1) is 19.8 Å². The number of carbonyl (C=O) groups excluding carboxylic acids is 1. The molecule has 0 bridgehead atoms. The Labute approximate surface area is 105 Å². The highest BCUT2D eigenvalue weighted by atomic mass is 16.5. The van der Waals surface area contributed by atoms with E-state index >= 15 is 0 Å². The van der Waals surface area contributed by atoms with Crippen LogP contribution in [0.15, 0.2) is 18.2 Å². The van der Waals surface area contributed by atoms with Crippen molar-refractivity contribution in [3.8, 4) is 11.5 Å². The molecule has 4 N–H and O–H groups in total. The highest BCUT2D eigenvalue weighted by Crippen LogP contribution is 2.32. The number of benzene rings is 1. The number of nitrogens with two attached hydrogens (primary N) is 1. The Hall–Kier alpha value is -1.79. The van der Waals surface area contributed by atoms with E-state index in [0.29, 0.717) is 30.4 Å². The number of rotatable bonds is 3. The lowest BCUT2D eigenvalue weighted by Crippen LogP contribution is -2.38. The lowest BCUT2D eigenvalue weighted by Gasteiger charge is -2.12. The zero-order chi connectivity index (χ0) is 13.0. The Morgan fingerprint density at radius 1 is 1.39 bits per heavy atom. The molecular weight excluding hydrogens is 236 g/mol. The largest absolute Gasteiger partial charge is 0.490 e. The fraction of sp³-hybridized carbons (Fsp3) is 0.417. The van der Waals surface area contributed by atoms with Gasteiger partial charge in [-0.05, 0) is 12.1 Å². The van der Waals surface area contributed by atoms with E-state index in [1.165, 1.54) is 0 Å². The molecule has 0 aliphatic carbocycles. The molecule has 1 aliphatic heterocycles. The van der Waals surface area contributed by atoms with Gasteiger partial charge in [0.25, 0.3) is 0 Å². The third kappa shape index (κ3) is 2.91. The number of hydrogen-bond donors (Lipinski definition) is 3. The van der Waals surface area contributed by atoms with Crippen LogP contribution in [0.25, 0.3) is 0 Å². The highest BCUT2D eigenvalue weighted by Gasteiger charge is 2.15. The summed E-state index contributed by atoms with van der Waals surface area (Å²) in [7, 11) is 0. The molecule has 6 heteroatoms. The standard InChI is InChI=1S/C12H16N2O4/c13-9(7-15)12(16)14-8-2-3-10-11(6-8)18-5-1-4-17-10/h2-3,6,9,15H,1,4-5,7,13H2,(H,14,16). The highest BCUT2D eigenvalue weighted by molar-refractivity contribution is 5.95. The quantitative estimate of drug-likeness (QED) is 0.709. The van der Waals surface area contributed by atoms with Crippen molar-refractivity contribution in [1.82, 2.24) is 0 Å². The number of carbonyl (C=O) groups is 1. The Bertz CT molecular complexity index is 436. The molecule has 1 aromatic rings. The second kappa shape index (κ2) is 5.70.